The van der Waals surface area contributed by atoms with Crippen LogP contribution in [0.4, 0.5) is 0 Å². The van der Waals surface area contributed by atoms with Gasteiger partial charge in [0.1, 0.15) is 0 Å². The number of aryl methyl sites for hydroxylation is 2. The smallest absolute Gasteiger partial charge is 0.0767 e. The van der Waals surface area contributed by atoms with Crippen LogP contribution in [0.3, 0.4) is 0 Å². The standard InChI is InChI=1S/C11H17BrN4/c1-4-9-11(12)10(16(3)14-9)8-15(2)7-5-6-13/h4-5,7-8H2,1-3H3. The quantitative estimate of drug-likeness (QED) is 0.832. The van der Waals surface area contributed by atoms with E-state index in [0.29, 0.717) is 6.42 Å². The van der Waals surface area contributed by atoms with E-state index in [1.54, 1.807) is 0 Å². The molecular formula is C11H17BrN4. The van der Waals surface area contributed by atoms with Crippen LogP contribution in [0.15, 0.2) is 4.47 Å². The minimum atomic E-state index is 0.562. The van der Waals surface area contributed by atoms with E-state index in [1.165, 1.54) is 0 Å². The van der Waals surface area contributed by atoms with E-state index in [1.807, 2.05) is 18.8 Å². The van der Waals surface area contributed by atoms with Gasteiger partial charge in [-0.05, 0) is 29.4 Å². The van der Waals surface area contributed by atoms with Crippen molar-refractivity contribution in [3.05, 3.63) is 15.9 Å². The summed E-state index contributed by atoms with van der Waals surface area (Å²) in [7, 11) is 3.97. The lowest BCUT2D eigenvalue weighted by Gasteiger charge is -2.15. The second kappa shape index (κ2) is 6.02. The van der Waals surface area contributed by atoms with Gasteiger partial charge in [-0.1, -0.05) is 6.92 Å². The minimum Gasteiger partial charge on any atom is -0.299 e. The number of nitriles is 1. The monoisotopic (exact) mass is 284 g/mol. The molecule has 1 heterocycles. The van der Waals surface area contributed by atoms with Crippen molar-refractivity contribution in [2.24, 2.45) is 7.05 Å². The molecule has 0 saturated heterocycles. The fourth-order valence-corrected chi connectivity index (χ4v) is 2.31. The first-order chi connectivity index (χ1) is 7.60. The number of aromatic nitrogens is 2. The second-order valence-electron chi connectivity index (χ2n) is 3.83. The maximum Gasteiger partial charge on any atom is 0.0767 e. The summed E-state index contributed by atoms with van der Waals surface area (Å²) in [6.07, 6.45) is 1.49. The highest BCUT2D eigenvalue weighted by molar-refractivity contribution is 9.10. The predicted molar refractivity (Wildman–Crippen MR) is 66.9 cm³/mol. The Morgan fingerprint density at radius 1 is 1.56 bits per heavy atom. The Bertz CT molecular complexity index is 391. The minimum absolute atomic E-state index is 0.562. The Labute approximate surface area is 105 Å². The SMILES string of the molecule is CCc1nn(C)c(CN(C)CCC#N)c1Br. The van der Waals surface area contributed by atoms with Crippen molar-refractivity contribution < 1.29 is 0 Å². The van der Waals surface area contributed by atoms with Crippen molar-refractivity contribution in [3.63, 3.8) is 0 Å². The van der Waals surface area contributed by atoms with Gasteiger partial charge in [0.25, 0.3) is 0 Å². The van der Waals surface area contributed by atoms with Gasteiger partial charge >= 0.3 is 0 Å². The summed E-state index contributed by atoms with van der Waals surface area (Å²) < 4.78 is 3.01. The summed E-state index contributed by atoms with van der Waals surface area (Å²) in [5, 5.41) is 13.0. The molecule has 0 unspecified atom stereocenters. The molecule has 0 bridgehead atoms. The molecule has 1 aromatic rings. The molecule has 0 radical (unpaired) electrons. The van der Waals surface area contributed by atoms with Gasteiger partial charge in [0.2, 0.25) is 0 Å². The molecule has 0 aliphatic carbocycles. The van der Waals surface area contributed by atoms with Gasteiger partial charge in [-0.15, -0.1) is 0 Å². The summed E-state index contributed by atoms with van der Waals surface area (Å²) >= 11 is 3.58. The lowest BCUT2D eigenvalue weighted by molar-refractivity contribution is 0.324. The zero-order chi connectivity index (χ0) is 12.1. The van der Waals surface area contributed by atoms with E-state index in [-0.39, 0.29) is 0 Å². The normalized spacial score (nSPS) is 10.8. The van der Waals surface area contributed by atoms with Crippen molar-refractivity contribution in [2.75, 3.05) is 13.6 Å². The lowest BCUT2D eigenvalue weighted by Crippen LogP contribution is -2.20. The predicted octanol–water partition coefficient (Wildman–Crippen LogP) is 2.09. The average molecular weight is 285 g/mol. The average Bonchev–Trinajstić information content (AvgIpc) is 2.53. The van der Waals surface area contributed by atoms with Gasteiger partial charge < -0.3 is 0 Å². The Kier molecular flexibility index (Phi) is 4.97. The molecule has 0 fully saturated rings. The van der Waals surface area contributed by atoms with Gasteiger partial charge in [0.15, 0.2) is 0 Å². The highest BCUT2D eigenvalue weighted by atomic mass is 79.9. The molecule has 16 heavy (non-hydrogen) atoms. The molecule has 0 aliphatic rings. The van der Waals surface area contributed by atoms with Crippen LogP contribution < -0.4 is 0 Å². The third-order valence-corrected chi connectivity index (χ3v) is 3.44. The van der Waals surface area contributed by atoms with Crippen molar-refractivity contribution in [3.8, 4) is 6.07 Å². The topological polar surface area (TPSA) is 44.9 Å². The van der Waals surface area contributed by atoms with Gasteiger partial charge in [0, 0.05) is 26.6 Å². The largest absolute Gasteiger partial charge is 0.299 e. The van der Waals surface area contributed by atoms with Gasteiger partial charge in [-0.3, -0.25) is 9.58 Å². The number of rotatable bonds is 5. The number of halogens is 1. The molecule has 1 aromatic heterocycles. The summed E-state index contributed by atoms with van der Waals surface area (Å²) in [5.41, 5.74) is 2.25. The molecule has 0 aliphatic heterocycles. The van der Waals surface area contributed by atoms with Gasteiger partial charge in [-0.2, -0.15) is 10.4 Å². The first-order valence-corrected chi connectivity index (χ1v) is 6.15. The molecule has 0 amide bonds. The van der Waals surface area contributed by atoms with Crippen LogP contribution in [0.5, 0.6) is 0 Å². The van der Waals surface area contributed by atoms with Crippen molar-refractivity contribution in [1.82, 2.24) is 14.7 Å². The van der Waals surface area contributed by atoms with Gasteiger partial charge in [0.05, 0.1) is 21.9 Å². The number of hydrogen-bond donors (Lipinski definition) is 0. The van der Waals surface area contributed by atoms with E-state index in [9.17, 15) is 0 Å². The van der Waals surface area contributed by atoms with Crippen LogP contribution in [0, 0.1) is 11.3 Å². The van der Waals surface area contributed by atoms with Crippen molar-refractivity contribution in [1.29, 1.82) is 5.26 Å². The highest BCUT2D eigenvalue weighted by Crippen LogP contribution is 2.22. The van der Waals surface area contributed by atoms with Gasteiger partial charge in [-0.25, -0.2) is 0 Å². The molecular weight excluding hydrogens is 268 g/mol. The Morgan fingerprint density at radius 3 is 2.75 bits per heavy atom. The Hall–Kier alpha value is -0.860. The summed E-state index contributed by atoms with van der Waals surface area (Å²) in [4.78, 5) is 2.13. The summed E-state index contributed by atoms with van der Waals surface area (Å²) in [6, 6.07) is 2.15. The second-order valence-corrected chi connectivity index (χ2v) is 4.62. The molecule has 0 saturated carbocycles. The van der Waals surface area contributed by atoms with Crippen LogP contribution in [0.1, 0.15) is 24.7 Å². The summed E-state index contributed by atoms with van der Waals surface area (Å²) in [6.45, 7) is 3.69. The van der Waals surface area contributed by atoms with E-state index >= 15 is 0 Å². The van der Waals surface area contributed by atoms with E-state index in [2.05, 4.69) is 38.9 Å². The number of hydrogen-bond acceptors (Lipinski definition) is 3. The molecule has 1 rings (SSSR count). The first kappa shape index (κ1) is 13.2. The van der Waals surface area contributed by atoms with Crippen LogP contribution in [0.2, 0.25) is 0 Å². The van der Waals surface area contributed by atoms with Crippen LogP contribution in [-0.2, 0) is 20.0 Å². The van der Waals surface area contributed by atoms with E-state index in [4.69, 9.17) is 5.26 Å². The molecule has 88 valence electrons. The highest BCUT2D eigenvalue weighted by Gasteiger charge is 2.13. The fraction of sp³-hybridized carbons (Fsp3) is 0.636. The lowest BCUT2D eigenvalue weighted by atomic mass is 10.3. The molecule has 5 heteroatoms. The fourth-order valence-electron chi connectivity index (χ4n) is 1.57. The molecule has 0 atom stereocenters. The molecule has 0 aromatic carbocycles. The van der Waals surface area contributed by atoms with Crippen LogP contribution in [0.25, 0.3) is 0 Å². The third kappa shape index (κ3) is 3.06. The third-order valence-electron chi connectivity index (χ3n) is 2.53. The van der Waals surface area contributed by atoms with Crippen molar-refractivity contribution in [2.45, 2.75) is 26.3 Å². The zero-order valence-electron chi connectivity index (χ0n) is 10.00. The number of nitrogens with zero attached hydrogens (tertiary/aromatic N) is 4. The van der Waals surface area contributed by atoms with E-state index in [0.717, 1.165) is 35.4 Å². The van der Waals surface area contributed by atoms with Crippen LogP contribution >= 0.6 is 15.9 Å². The first-order valence-electron chi connectivity index (χ1n) is 5.35. The molecule has 0 spiro atoms. The Balaban J connectivity index is 2.73. The Morgan fingerprint density at radius 2 is 2.25 bits per heavy atom. The zero-order valence-corrected chi connectivity index (χ0v) is 11.6. The summed E-state index contributed by atoms with van der Waals surface area (Å²) in [5.74, 6) is 0. The van der Waals surface area contributed by atoms with Crippen LogP contribution in [-0.4, -0.2) is 28.3 Å². The van der Waals surface area contributed by atoms with E-state index < -0.39 is 0 Å². The molecule has 0 N–H and O–H groups in total. The maximum absolute atomic E-state index is 8.53. The maximum atomic E-state index is 8.53. The van der Waals surface area contributed by atoms with Crippen molar-refractivity contribution >= 4 is 15.9 Å². The molecule has 4 nitrogen and oxygen atoms in total.